The number of carbonyl (C=O) groups is 1. The largest absolute Gasteiger partial charge is 0.343 e. The van der Waals surface area contributed by atoms with E-state index in [1.54, 1.807) is 12.2 Å². The van der Waals surface area contributed by atoms with Crippen LogP contribution in [0, 0.1) is 0 Å². The second-order valence-electron chi connectivity index (χ2n) is 1.63. The van der Waals surface area contributed by atoms with E-state index in [9.17, 15) is 4.79 Å². The van der Waals surface area contributed by atoms with Crippen molar-refractivity contribution < 1.29 is 4.79 Å². The molecule has 0 aromatic carbocycles. The Kier molecular flexibility index (Phi) is 6.16. The van der Waals surface area contributed by atoms with Gasteiger partial charge in [0.05, 0.1) is 10.8 Å². The molecule has 0 rings (SSSR count). The van der Waals surface area contributed by atoms with Crippen molar-refractivity contribution in [2.24, 2.45) is 0 Å². The molecule has 1 N–H and O–H groups in total. The molecule has 0 aliphatic rings. The molecule has 2 nitrogen and oxygen atoms in total. The van der Waals surface area contributed by atoms with Crippen molar-refractivity contribution in [2.75, 3.05) is 12.1 Å². The first-order valence-electron chi connectivity index (χ1n) is 3.02. The molecule has 0 bridgehead atoms. The highest BCUT2D eigenvalue weighted by atomic mass is 32.2. The molecular formula is C7H11NOS2. The number of nitrogens with one attached hydrogen (secondary N) is 1. The Morgan fingerprint density at radius 2 is 2.45 bits per heavy atom. The van der Waals surface area contributed by atoms with E-state index < -0.39 is 0 Å². The van der Waals surface area contributed by atoms with E-state index in [2.05, 4.69) is 24.5 Å². The molecule has 0 spiro atoms. The summed E-state index contributed by atoms with van der Waals surface area (Å²) in [5, 5.41) is 2.57. The van der Waals surface area contributed by atoms with E-state index in [0.29, 0.717) is 10.8 Å². The molecule has 11 heavy (non-hydrogen) atoms. The smallest absolute Gasteiger partial charge is 0.258 e. The number of thioether (sulfide) groups is 1. The lowest BCUT2D eigenvalue weighted by atomic mass is 10.4. The first-order valence-corrected chi connectivity index (χ1v) is 4.87. The normalized spacial score (nSPS) is 10.9. The quantitative estimate of drug-likeness (QED) is 0.303. The molecular weight excluding hydrogens is 178 g/mol. The summed E-state index contributed by atoms with van der Waals surface area (Å²) in [7, 11) is 0. The molecule has 0 aliphatic carbocycles. The molecule has 0 aliphatic heterocycles. The lowest BCUT2D eigenvalue weighted by molar-refractivity contribution is -0.116. The van der Waals surface area contributed by atoms with Gasteiger partial charge in [-0.05, 0) is 12.3 Å². The highest BCUT2D eigenvalue weighted by Crippen LogP contribution is 2.10. The number of rotatable bonds is 4. The Morgan fingerprint density at radius 3 is 2.82 bits per heavy atom. The van der Waals surface area contributed by atoms with Gasteiger partial charge in [0.2, 0.25) is 0 Å². The van der Waals surface area contributed by atoms with Crippen LogP contribution in [0.15, 0.2) is 23.6 Å². The van der Waals surface area contributed by atoms with Crippen molar-refractivity contribution in [3.63, 3.8) is 0 Å². The summed E-state index contributed by atoms with van der Waals surface area (Å²) < 4.78 is 0. The van der Waals surface area contributed by atoms with Crippen molar-refractivity contribution in [3.05, 3.63) is 23.6 Å². The number of thiol groups is 1. The highest BCUT2D eigenvalue weighted by Gasteiger charge is 2.03. The van der Waals surface area contributed by atoms with Gasteiger partial charge in [-0.3, -0.25) is 4.79 Å². The van der Waals surface area contributed by atoms with Gasteiger partial charge >= 0.3 is 0 Å². The first-order chi connectivity index (χ1) is 5.26. The van der Waals surface area contributed by atoms with Gasteiger partial charge in [0.15, 0.2) is 0 Å². The summed E-state index contributed by atoms with van der Waals surface area (Å²) in [4.78, 5) is 11.7. The standard InChI is InChI=1S/C7H11NOS2/c1-3-4-6(11-2)7(9)8-5-10/h3-4,10H,1,5H2,2H3,(H,8,9)/b6-4-. The molecule has 1 amide bonds. The Labute approximate surface area is 76.5 Å². The molecule has 0 radical (unpaired) electrons. The number of hydrogen-bond donors (Lipinski definition) is 2. The van der Waals surface area contributed by atoms with Crippen molar-refractivity contribution in [1.82, 2.24) is 5.32 Å². The van der Waals surface area contributed by atoms with Crippen LogP contribution in [0.4, 0.5) is 0 Å². The Morgan fingerprint density at radius 1 is 1.82 bits per heavy atom. The van der Waals surface area contributed by atoms with Crippen LogP contribution in [0.25, 0.3) is 0 Å². The van der Waals surface area contributed by atoms with Crippen LogP contribution in [0.3, 0.4) is 0 Å². The molecule has 62 valence electrons. The fourth-order valence-electron chi connectivity index (χ4n) is 0.502. The predicted octanol–water partition coefficient (Wildman–Crippen LogP) is 1.42. The summed E-state index contributed by atoms with van der Waals surface area (Å²) >= 11 is 5.25. The molecule has 0 fully saturated rings. The lowest BCUT2D eigenvalue weighted by Gasteiger charge is -2.01. The first kappa shape index (κ1) is 10.7. The zero-order valence-corrected chi connectivity index (χ0v) is 8.04. The summed E-state index contributed by atoms with van der Waals surface area (Å²) in [6, 6.07) is 0. The van der Waals surface area contributed by atoms with E-state index in [0.717, 1.165) is 0 Å². The molecule has 0 unspecified atom stereocenters. The maximum atomic E-state index is 11.1. The van der Waals surface area contributed by atoms with Gasteiger partial charge in [-0.25, -0.2) is 0 Å². The third-order valence-corrected chi connectivity index (χ3v) is 1.87. The van der Waals surface area contributed by atoms with Crippen molar-refractivity contribution in [2.45, 2.75) is 0 Å². The molecule has 0 aromatic heterocycles. The minimum Gasteiger partial charge on any atom is -0.343 e. The lowest BCUT2D eigenvalue weighted by Crippen LogP contribution is -2.22. The van der Waals surface area contributed by atoms with E-state index in [1.165, 1.54) is 11.8 Å². The minimum atomic E-state index is -0.104. The maximum absolute atomic E-state index is 11.1. The number of allylic oxidation sites excluding steroid dienone is 2. The van der Waals surface area contributed by atoms with Crippen LogP contribution in [0.2, 0.25) is 0 Å². The van der Waals surface area contributed by atoms with Crippen LogP contribution in [0.1, 0.15) is 0 Å². The van der Waals surface area contributed by atoms with Gasteiger partial charge in [-0.1, -0.05) is 12.7 Å². The molecule has 0 saturated carbocycles. The maximum Gasteiger partial charge on any atom is 0.258 e. The third-order valence-electron chi connectivity index (χ3n) is 0.953. The zero-order chi connectivity index (χ0) is 8.69. The zero-order valence-electron chi connectivity index (χ0n) is 6.33. The van der Waals surface area contributed by atoms with Crippen LogP contribution in [0.5, 0.6) is 0 Å². The molecule has 0 atom stereocenters. The number of amides is 1. The molecule has 4 heteroatoms. The average molecular weight is 189 g/mol. The summed E-state index contributed by atoms with van der Waals surface area (Å²) in [6.45, 7) is 3.50. The second kappa shape index (κ2) is 6.37. The van der Waals surface area contributed by atoms with Crippen LogP contribution in [-0.4, -0.2) is 18.0 Å². The summed E-state index contributed by atoms with van der Waals surface area (Å²) in [5.74, 6) is 0.251. The topological polar surface area (TPSA) is 29.1 Å². The predicted molar refractivity (Wildman–Crippen MR) is 53.8 cm³/mol. The van der Waals surface area contributed by atoms with Crippen LogP contribution in [-0.2, 0) is 4.79 Å². The van der Waals surface area contributed by atoms with Gasteiger partial charge in [0, 0.05) is 0 Å². The average Bonchev–Trinajstić information content (AvgIpc) is 2.00. The van der Waals surface area contributed by atoms with Crippen molar-refractivity contribution in [1.29, 1.82) is 0 Å². The minimum absolute atomic E-state index is 0.104. The fourth-order valence-corrected chi connectivity index (χ4v) is 1.14. The molecule has 0 heterocycles. The Balaban J connectivity index is 4.13. The monoisotopic (exact) mass is 189 g/mol. The number of hydrogen-bond acceptors (Lipinski definition) is 3. The van der Waals surface area contributed by atoms with E-state index in [-0.39, 0.29) is 5.91 Å². The molecule has 0 saturated heterocycles. The second-order valence-corrected chi connectivity index (χ2v) is 2.80. The van der Waals surface area contributed by atoms with E-state index >= 15 is 0 Å². The third kappa shape index (κ3) is 4.16. The van der Waals surface area contributed by atoms with Crippen molar-refractivity contribution >= 4 is 30.3 Å². The van der Waals surface area contributed by atoms with E-state index in [1.807, 2.05) is 6.26 Å². The van der Waals surface area contributed by atoms with Crippen LogP contribution < -0.4 is 5.32 Å². The Bertz CT molecular complexity index is 177. The van der Waals surface area contributed by atoms with Gasteiger partial charge in [0.25, 0.3) is 5.91 Å². The molecule has 0 aromatic rings. The van der Waals surface area contributed by atoms with Crippen molar-refractivity contribution in [3.8, 4) is 0 Å². The number of carbonyl (C=O) groups excluding carboxylic acids is 1. The van der Waals surface area contributed by atoms with Crippen LogP contribution >= 0.6 is 24.4 Å². The fraction of sp³-hybridized carbons (Fsp3) is 0.286. The highest BCUT2D eigenvalue weighted by molar-refractivity contribution is 8.03. The van der Waals surface area contributed by atoms with Gasteiger partial charge in [-0.2, -0.15) is 12.6 Å². The Hall–Kier alpha value is -0.350. The summed E-state index contributed by atoms with van der Waals surface area (Å²) in [5.41, 5.74) is 0. The SMILES string of the molecule is C=C/C=C(\SC)C(=O)NCS. The van der Waals surface area contributed by atoms with E-state index in [4.69, 9.17) is 0 Å². The van der Waals surface area contributed by atoms with Gasteiger partial charge in [-0.15, -0.1) is 11.8 Å². The van der Waals surface area contributed by atoms with Gasteiger partial charge in [0.1, 0.15) is 0 Å². The summed E-state index contributed by atoms with van der Waals surface area (Å²) in [6.07, 6.45) is 5.10. The van der Waals surface area contributed by atoms with Gasteiger partial charge < -0.3 is 5.32 Å².